The number of fused-ring (bicyclic) bond motifs is 1. The lowest BCUT2D eigenvalue weighted by Gasteiger charge is -2.06. The quantitative estimate of drug-likeness (QED) is 0.721. The fourth-order valence-corrected chi connectivity index (χ4v) is 2.80. The minimum Gasteiger partial charge on any atom is -0.337 e. The molecular weight excluding hydrogens is 246 g/mol. The van der Waals surface area contributed by atoms with Crippen LogP contribution >= 0.6 is 11.3 Å². The number of aromatic nitrogens is 3. The molecule has 0 atom stereocenters. The molecule has 0 N–H and O–H groups in total. The van der Waals surface area contributed by atoms with E-state index in [-0.39, 0.29) is 5.56 Å². The SMILES string of the molecule is O=c1c2ccsc2ccn1CCCn1ccnc1. The zero-order chi connectivity index (χ0) is 12.4. The number of hydrogen-bond acceptors (Lipinski definition) is 3. The summed E-state index contributed by atoms with van der Waals surface area (Å²) in [6.07, 6.45) is 8.31. The first kappa shape index (κ1) is 11.2. The molecule has 0 fully saturated rings. The van der Waals surface area contributed by atoms with Crippen LogP contribution < -0.4 is 5.56 Å². The topological polar surface area (TPSA) is 39.8 Å². The summed E-state index contributed by atoms with van der Waals surface area (Å²) < 4.78 is 4.87. The van der Waals surface area contributed by atoms with E-state index < -0.39 is 0 Å². The minimum atomic E-state index is 0.111. The van der Waals surface area contributed by atoms with Gasteiger partial charge in [0.1, 0.15) is 0 Å². The number of imidazole rings is 1. The van der Waals surface area contributed by atoms with Gasteiger partial charge in [0, 0.05) is 36.4 Å². The third-order valence-electron chi connectivity index (χ3n) is 2.97. The molecule has 0 aliphatic rings. The number of rotatable bonds is 4. The molecule has 0 bridgehead atoms. The summed E-state index contributed by atoms with van der Waals surface area (Å²) in [7, 11) is 0. The van der Waals surface area contributed by atoms with Crippen LogP contribution in [0.15, 0.2) is 47.2 Å². The second-order valence-electron chi connectivity index (χ2n) is 4.17. The van der Waals surface area contributed by atoms with E-state index in [1.165, 1.54) is 0 Å². The third kappa shape index (κ3) is 2.09. The highest BCUT2D eigenvalue weighted by Crippen LogP contribution is 2.16. The average molecular weight is 259 g/mol. The summed E-state index contributed by atoms with van der Waals surface area (Å²) in [5.41, 5.74) is 0.111. The lowest BCUT2D eigenvalue weighted by Crippen LogP contribution is -2.19. The Hall–Kier alpha value is -1.88. The molecule has 5 heteroatoms. The first-order chi connectivity index (χ1) is 8.84. The molecule has 0 spiro atoms. The molecule has 92 valence electrons. The van der Waals surface area contributed by atoms with E-state index in [9.17, 15) is 4.79 Å². The van der Waals surface area contributed by atoms with Crippen molar-refractivity contribution < 1.29 is 0 Å². The van der Waals surface area contributed by atoms with Crippen LogP contribution in [-0.4, -0.2) is 14.1 Å². The van der Waals surface area contributed by atoms with E-state index in [4.69, 9.17) is 0 Å². The number of thiophene rings is 1. The Morgan fingerprint density at radius 1 is 1.22 bits per heavy atom. The molecule has 3 aromatic heterocycles. The van der Waals surface area contributed by atoms with E-state index in [1.54, 1.807) is 28.4 Å². The number of nitrogens with zero attached hydrogens (tertiary/aromatic N) is 3. The Kier molecular flexibility index (Phi) is 2.98. The monoisotopic (exact) mass is 259 g/mol. The van der Waals surface area contributed by atoms with Crippen LogP contribution in [0.25, 0.3) is 10.1 Å². The Morgan fingerprint density at radius 3 is 3.00 bits per heavy atom. The van der Waals surface area contributed by atoms with Crippen molar-refractivity contribution in [2.24, 2.45) is 0 Å². The van der Waals surface area contributed by atoms with E-state index >= 15 is 0 Å². The maximum atomic E-state index is 12.1. The molecule has 0 radical (unpaired) electrons. The molecule has 3 aromatic rings. The Bertz CT molecular complexity index is 696. The summed E-state index contributed by atoms with van der Waals surface area (Å²) in [6.45, 7) is 1.62. The molecule has 0 amide bonds. The van der Waals surface area contributed by atoms with Gasteiger partial charge >= 0.3 is 0 Å². The Labute approximate surface area is 108 Å². The standard InChI is InChI=1S/C13H13N3OS/c17-13-11-3-9-18-12(11)2-7-16(13)6-1-5-15-8-4-14-10-15/h2-4,7-10H,1,5-6H2. The van der Waals surface area contributed by atoms with Crippen molar-refractivity contribution in [1.82, 2.24) is 14.1 Å². The number of aryl methyl sites for hydroxylation is 2. The van der Waals surface area contributed by atoms with Gasteiger partial charge in [0.05, 0.1) is 11.7 Å². The predicted molar refractivity (Wildman–Crippen MR) is 72.9 cm³/mol. The van der Waals surface area contributed by atoms with Gasteiger partial charge < -0.3 is 9.13 Å². The molecule has 0 saturated heterocycles. The third-order valence-corrected chi connectivity index (χ3v) is 3.85. The van der Waals surface area contributed by atoms with Crippen molar-refractivity contribution in [3.63, 3.8) is 0 Å². The second-order valence-corrected chi connectivity index (χ2v) is 5.11. The van der Waals surface area contributed by atoms with Gasteiger partial charge in [0.25, 0.3) is 5.56 Å². The highest BCUT2D eigenvalue weighted by molar-refractivity contribution is 7.17. The maximum absolute atomic E-state index is 12.1. The van der Waals surface area contributed by atoms with Crippen molar-refractivity contribution in [3.05, 3.63) is 52.8 Å². The van der Waals surface area contributed by atoms with E-state index in [0.29, 0.717) is 0 Å². The van der Waals surface area contributed by atoms with Gasteiger partial charge in [-0.2, -0.15) is 0 Å². The van der Waals surface area contributed by atoms with Crippen LogP contribution in [0.4, 0.5) is 0 Å². The van der Waals surface area contributed by atoms with Crippen LogP contribution in [0.1, 0.15) is 6.42 Å². The fraction of sp³-hybridized carbons (Fsp3) is 0.231. The molecule has 0 unspecified atom stereocenters. The highest BCUT2D eigenvalue weighted by atomic mass is 32.1. The van der Waals surface area contributed by atoms with Crippen molar-refractivity contribution in [2.45, 2.75) is 19.5 Å². The van der Waals surface area contributed by atoms with Gasteiger partial charge in [0.2, 0.25) is 0 Å². The molecule has 0 aliphatic carbocycles. The first-order valence-corrected chi connectivity index (χ1v) is 6.75. The molecule has 18 heavy (non-hydrogen) atoms. The van der Waals surface area contributed by atoms with Crippen LogP contribution in [-0.2, 0) is 13.1 Å². The summed E-state index contributed by atoms with van der Waals surface area (Å²) >= 11 is 1.61. The van der Waals surface area contributed by atoms with Crippen LogP contribution in [0.5, 0.6) is 0 Å². The molecule has 3 heterocycles. The molecule has 0 aliphatic heterocycles. The lowest BCUT2D eigenvalue weighted by molar-refractivity contribution is 0.555. The Morgan fingerprint density at radius 2 is 2.17 bits per heavy atom. The molecule has 0 saturated carbocycles. The van der Waals surface area contributed by atoms with Crippen LogP contribution in [0.2, 0.25) is 0 Å². The fourth-order valence-electron chi connectivity index (χ4n) is 2.03. The van der Waals surface area contributed by atoms with Crippen LogP contribution in [0, 0.1) is 0 Å². The van der Waals surface area contributed by atoms with Gasteiger partial charge in [-0.3, -0.25) is 4.79 Å². The van der Waals surface area contributed by atoms with Crippen molar-refractivity contribution in [3.8, 4) is 0 Å². The van der Waals surface area contributed by atoms with Gasteiger partial charge in [-0.1, -0.05) is 0 Å². The van der Waals surface area contributed by atoms with Gasteiger partial charge in [-0.05, 0) is 23.9 Å². The first-order valence-electron chi connectivity index (χ1n) is 5.87. The number of pyridine rings is 1. The summed E-state index contributed by atoms with van der Waals surface area (Å²) in [5, 5.41) is 2.78. The van der Waals surface area contributed by atoms with E-state index in [2.05, 4.69) is 4.98 Å². The number of hydrogen-bond donors (Lipinski definition) is 0. The summed E-state index contributed by atoms with van der Waals surface area (Å²) in [4.78, 5) is 16.1. The zero-order valence-corrected chi connectivity index (χ0v) is 10.6. The molecular formula is C13H13N3OS. The molecule has 4 nitrogen and oxygen atoms in total. The predicted octanol–water partition coefficient (Wildman–Crippen LogP) is 2.35. The molecule has 3 rings (SSSR count). The van der Waals surface area contributed by atoms with E-state index in [0.717, 1.165) is 29.6 Å². The van der Waals surface area contributed by atoms with Gasteiger partial charge in [-0.25, -0.2) is 4.98 Å². The molecule has 0 aromatic carbocycles. The van der Waals surface area contributed by atoms with Crippen LogP contribution in [0.3, 0.4) is 0 Å². The Balaban J connectivity index is 1.74. The van der Waals surface area contributed by atoms with Crippen molar-refractivity contribution >= 4 is 21.4 Å². The van der Waals surface area contributed by atoms with E-state index in [1.807, 2.05) is 34.5 Å². The second kappa shape index (κ2) is 4.78. The highest BCUT2D eigenvalue weighted by Gasteiger charge is 2.03. The van der Waals surface area contributed by atoms with Gasteiger partial charge in [-0.15, -0.1) is 11.3 Å². The average Bonchev–Trinajstić information content (AvgIpc) is 3.02. The zero-order valence-electron chi connectivity index (χ0n) is 9.82. The largest absolute Gasteiger partial charge is 0.337 e. The minimum absolute atomic E-state index is 0.111. The summed E-state index contributed by atoms with van der Waals surface area (Å²) in [6, 6.07) is 3.91. The lowest BCUT2D eigenvalue weighted by atomic mass is 10.3. The normalized spacial score (nSPS) is 11.1. The maximum Gasteiger partial charge on any atom is 0.259 e. The smallest absolute Gasteiger partial charge is 0.259 e. The summed E-state index contributed by atoms with van der Waals surface area (Å²) in [5.74, 6) is 0. The van der Waals surface area contributed by atoms with Crippen molar-refractivity contribution in [1.29, 1.82) is 0 Å². The van der Waals surface area contributed by atoms with Gasteiger partial charge in [0.15, 0.2) is 0 Å². The van der Waals surface area contributed by atoms with Crippen molar-refractivity contribution in [2.75, 3.05) is 0 Å².